The molecule has 0 spiro atoms. The summed E-state index contributed by atoms with van der Waals surface area (Å²) in [5, 5.41) is 37.6. The molecule has 1 aromatic rings. The molecule has 192 valence electrons. The van der Waals surface area contributed by atoms with Crippen molar-refractivity contribution >= 4 is 11.8 Å². The fraction of sp³-hybridized carbons (Fsp3) is 0.643. The van der Waals surface area contributed by atoms with Crippen molar-refractivity contribution in [2.75, 3.05) is 6.61 Å². The third-order valence-electron chi connectivity index (χ3n) is 6.15. The van der Waals surface area contributed by atoms with E-state index in [2.05, 4.69) is 6.08 Å². The molecule has 0 radical (unpaired) electrons. The second kappa shape index (κ2) is 19.3. The van der Waals surface area contributed by atoms with Crippen molar-refractivity contribution in [2.45, 2.75) is 102 Å². The van der Waals surface area contributed by atoms with E-state index >= 15 is 0 Å². The van der Waals surface area contributed by atoms with Crippen molar-refractivity contribution in [3.63, 3.8) is 0 Å². The first-order chi connectivity index (χ1) is 16.4. The van der Waals surface area contributed by atoms with E-state index in [-0.39, 0.29) is 18.3 Å². The van der Waals surface area contributed by atoms with E-state index in [4.69, 9.17) is 5.11 Å². The molecule has 0 amide bonds. The Hall–Kier alpha value is -2.02. The monoisotopic (exact) mass is 476 g/mol. The Bertz CT molecular complexity index is 687. The number of allylic oxidation sites excluding steroid dienone is 1. The number of carbonyl (C=O) groups excluding carboxylic acids is 1. The molecule has 6 heteroatoms. The molecule has 0 bridgehead atoms. The van der Waals surface area contributed by atoms with E-state index in [1.165, 1.54) is 0 Å². The van der Waals surface area contributed by atoms with Crippen molar-refractivity contribution in [1.82, 2.24) is 0 Å². The van der Waals surface area contributed by atoms with Gasteiger partial charge in [0, 0.05) is 12.0 Å². The molecule has 3 atom stereocenters. The molecule has 0 aromatic heterocycles. The Morgan fingerprint density at radius 3 is 2.12 bits per heavy atom. The Labute approximate surface area is 204 Å². The van der Waals surface area contributed by atoms with Crippen molar-refractivity contribution in [3.8, 4) is 0 Å². The highest BCUT2D eigenvalue weighted by Gasteiger charge is 2.20. The number of rotatable bonds is 21. The lowest BCUT2D eigenvalue weighted by Gasteiger charge is -2.15. The summed E-state index contributed by atoms with van der Waals surface area (Å²) in [7, 11) is 0. The van der Waals surface area contributed by atoms with Crippen LogP contribution in [0.4, 0.5) is 0 Å². The van der Waals surface area contributed by atoms with Crippen molar-refractivity contribution in [1.29, 1.82) is 0 Å². The molecular weight excluding hydrogens is 432 g/mol. The van der Waals surface area contributed by atoms with Gasteiger partial charge >= 0.3 is 5.97 Å². The fourth-order valence-electron chi connectivity index (χ4n) is 4.03. The van der Waals surface area contributed by atoms with E-state index in [0.29, 0.717) is 19.3 Å². The zero-order valence-electron chi connectivity index (χ0n) is 20.5. The predicted molar refractivity (Wildman–Crippen MR) is 135 cm³/mol. The van der Waals surface area contributed by atoms with Gasteiger partial charge in [0.15, 0.2) is 5.78 Å². The minimum atomic E-state index is -0.961. The van der Waals surface area contributed by atoms with E-state index in [1.54, 1.807) is 0 Å². The van der Waals surface area contributed by atoms with Crippen LogP contribution in [0.3, 0.4) is 0 Å². The van der Waals surface area contributed by atoms with Crippen LogP contribution in [0.1, 0.15) is 100 Å². The van der Waals surface area contributed by atoms with Gasteiger partial charge in [-0.3, -0.25) is 9.59 Å². The average Bonchev–Trinajstić information content (AvgIpc) is 2.84. The number of aliphatic carboxylic acids is 1. The standard InChI is InChI=1S/C28H44O6/c29-22-26(31)21-24(28(33)34)17-9-4-2-1-3-5-12-18-25(30)19-13-6-7-14-20-27(32)23-15-10-8-11-16-23/h5,8,10-12,15-16,24-26,29-31H,1-4,6-7,9,13-14,17-22H2,(H,33,34)/b12-5-/t24?,25-,26?/m0/s1. The summed E-state index contributed by atoms with van der Waals surface area (Å²) in [4.78, 5) is 23.2. The second-order valence-electron chi connectivity index (χ2n) is 9.20. The first-order valence-electron chi connectivity index (χ1n) is 12.9. The quantitative estimate of drug-likeness (QED) is 0.109. The molecule has 34 heavy (non-hydrogen) atoms. The smallest absolute Gasteiger partial charge is 0.306 e. The molecule has 0 aliphatic heterocycles. The molecule has 1 aromatic carbocycles. The summed E-state index contributed by atoms with van der Waals surface area (Å²) in [5.74, 6) is -1.31. The van der Waals surface area contributed by atoms with Gasteiger partial charge in [0.2, 0.25) is 0 Å². The molecular formula is C28H44O6. The number of ketones is 1. The van der Waals surface area contributed by atoms with Crippen molar-refractivity contribution < 1.29 is 30.0 Å². The molecule has 4 N–H and O–H groups in total. The van der Waals surface area contributed by atoms with Gasteiger partial charge in [-0.15, -0.1) is 0 Å². The number of unbranched alkanes of at least 4 members (excludes halogenated alkanes) is 7. The maximum absolute atomic E-state index is 12.0. The Balaban J connectivity index is 1.96. The molecule has 6 nitrogen and oxygen atoms in total. The lowest BCUT2D eigenvalue weighted by atomic mass is 9.95. The summed E-state index contributed by atoms with van der Waals surface area (Å²) in [6, 6.07) is 9.41. The molecule has 0 saturated carbocycles. The second-order valence-corrected chi connectivity index (χ2v) is 9.20. The number of aliphatic hydroxyl groups is 3. The normalized spacial score (nSPS) is 14.2. The highest BCUT2D eigenvalue weighted by molar-refractivity contribution is 5.95. The van der Waals surface area contributed by atoms with E-state index in [9.17, 15) is 24.9 Å². The number of carboxylic acids is 1. The summed E-state index contributed by atoms with van der Waals surface area (Å²) in [5.41, 5.74) is 0.784. The molecule has 0 heterocycles. The maximum Gasteiger partial charge on any atom is 0.306 e. The average molecular weight is 477 g/mol. The topological polar surface area (TPSA) is 115 Å². The third kappa shape index (κ3) is 15.0. The molecule has 0 fully saturated rings. The predicted octanol–water partition coefficient (Wildman–Crippen LogP) is 5.30. The van der Waals surface area contributed by atoms with Crippen LogP contribution < -0.4 is 0 Å². The minimum absolute atomic E-state index is 0.102. The highest BCUT2D eigenvalue weighted by Crippen LogP contribution is 2.17. The van der Waals surface area contributed by atoms with Crippen LogP contribution in [0.25, 0.3) is 0 Å². The van der Waals surface area contributed by atoms with Crippen LogP contribution >= 0.6 is 0 Å². The van der Waals surface area contributed by atoms with Crippen LogP contribution in [0, 0.1) is 5.92 Å². The van der Waals surface area contributed by atoms with Crippen LogP contribution in [-0.4, -0.2) is 51.0 Å². The highest BCUT2D eigenvalue weighted by atomic mass is 16.4. The lowest BCUT2D eigenvalue weighted by molar-refractivity contribution is -0.143. The Morgan fingerprint density at radius 1 is 0.794 bits per heavy atom. The summed E-state index contributed by atoms with van der Waals surface area (Å²) in [6.07, 6.45) is 14.2. The first-order valence-corrected chi connectivity index (χ1v) is 12.9. The zero-order valence-corrected chi connectivity index (χ0v) is 20.5. The van der Waals surface area contributed by atoms with Gasteiger partial charge in [-0.1, -0.05) is 81.0 Å². The SMILES string of the molecule is O=C(CCCCCC[C@@H](O)C/C=C\CCCCCCC(CC(O)CO)C(=O)O)c1ccccc1. The van der Waals surface area contributed by atoms with Gasteiger partial charge in [0.1, 0.15) is 0 Å². The minimum Gasteiger partial charge on any atom is -0.481 e. The van der Waals surface area contributed by atoms with Gasteiger partial charge in [-0.25, -0.2) is 0 Å². The largest absolute Gasteiger partial charge is 0.481 e. The lowest BCUT2D eigenvalue weighted by Crippen LogP contribution is -2.23. The van der Waals surface area contributed by atoms with Crippen LogP contribution in [0.5, 0.6) is 0 Å². The van der Waals surface area contributed by atoms with Gasteiger partial charge in [0.25, 0.3) is 0 Å². The van der Waals surface area contributed by atoms with E-state index < -0.39 is 24.6 Å². The van der Waals surface area contributed by atoms with Crippen LogP contribution in [0.15, 0.2) is 42.5 Å². The Morgan fingerprint density at radius 2 is 1.44 bits per heavy atom. The van der Waals surface area contributed by atoms with Gasteiger partial charge < -0.3 is 20.4 Å². The molecule has 0 aliphatic carbocycles. The zero-order chi connectivity index (χ0) is 25.0. The van der Waals surface area contributed by atoms with Crippen molar-refractivity contribution in [3.05, 3.63) is 48.0 Å². The molecule has 0 aliphatic rings. The number of benzene rings is 1. The Kier molecular flexibility index (Phi) is 17.0. The van der Waals surface area contributed by atoms with E-state index in [1.807, 2.05) is 36.4 Å². The number of carbonyl (C=O) groups is 2. The molecule has 1 rings (SSSR count). The van der Waals surface area contributed by atoms with Crippen molar-refractivity contribution in [2.24, 2.45) is 5.92 Å². The molecule has 0 saturated heterocycles. The molecule has 2 unspecified atom stereocenters. The third-order valence-corrected chi connectivity index (χ3v) is 6.15. The summed E-state index contributed by atoms with van der Waals surface area (Å²) >= 11 is 0. The van der Waals surface area contributed by atoms with Crippen LogP contribution in [-0.2, 0) is 4.79 Å². The number of hydrogen-bond acceptors (Lipinski definition) is 5. The van der Waals surface area contributed by atoms with Gasteiger partial charge in [0.05, 0.1) is 24.7 Å². The number of hydrogen-bond donors (Lipinski definition) is 4. The number of Topliss-reactive ketones (excluding diaryl/α,β-unsaturated/α-hetero) is 1. The number of carboxylic acid groups (broad SMARTS) is 1. The summed E-state index contributed by atoms with van der Waals surface area (Å²) < 4.78 is 0. The first kappa shape index (κ1) is 30.0. The number of aliphatic hydroxyl groups excluding tert-OH is 3. The fourth-order valence-corrected chi connectivity index (χ4v) is 4.03. The van der Waals surface area contributed by atoms with E-state index in [0.717, 1.165) is 69.8 Å². The van der Waals surface area contributed by atoms with Gasteiger partial charge in [-0.05, 0) is 44.9 Å². The van der Waals surface area contributed by atoms with Crippen LogP contribution in [0.2, 0.25) is 0 Å². The summed E-state index contributed by atoms with van der Waals surface area (Å²) in [6.45, 7) is -0.401. The maximum atomic E-state index is 12.0. The van der Waals surface area contributed by atoms with Gasteiger partial charge in [-0.2, -0.15) is 0 Å².